The van der Waals surface area contributed by atoms with Crippen molar-refractivity contribution in [2.45, 2.75) is 26.7 Å². The molecule has 4 heteroatoms. The van der Waals surface area contributed by atoms with E-state index in [1.165, 1.54) is 23.1 Å². The van der Waals surface area contributed by atoms with Gasteiger partial charge in [-0.3, -0.25) is 4.90 Å². The molecule has 0 bridgehead atoms. The largest absolute Gasteiger partial charge is 0.322 e. The summed E-state index contributed by atoms with van der Waals surface area (Å²) in [6.45, 7) is 8.74. The first-order valence-electron chi connectivity index (χ1n) is 9.51. The van der Waals surface area contributed by atoms with Gasteiger partial charge in [-0.1, -0.05) is 36.4 Å². The third kappa shape index (κ3) is 5.09. The number of carbonyl (C=O) groups is 1. The van der Waals surface area contributed by atoms with E-state index in [9.17, 15) is 4.79 Å². The monoisotopic (exact) mass is 351 g/mol. The molecule has 3 rings (SSSR count). The fraction of sp³-hybridized carbons (Fsp3) is 0.409. The van der Waals surface area contributed by atoms with Crippen LogP contribution in [0.2, 0.25) is 0 Å². The van der Waals surface area contributed by atoms with Gasteiger partial charge in [0.2, 0.25) is 0 Å². The summed E-state index contributed by atoms with van der Waals surface area (Å²) in [5, 5.41) is 3.03. The highest BCUT2D eigenvalue weighted by Crippen LogP contribution is 2.15. The van der Waals surface area contributed by atoms with Crippen LogP contribution in [0.3, 0.4) is 0 Å². The van der Waals surface area contributed by atoms with Crippen molar-refractivity contribution < 1.29 is 4.79 Å². The maximum atomic E-state index is 12.5. The second kappa shape index (κ2) is 8.86. The van der Waals surface area contributed by atoms with E-state index in [0.29, 0.717) is 0 Å². The number of hydrogen-bond donors (Lipinski definition) is 1. The molecule has 2 aromatic carbocycles. The van der Waals surface area contributed by atoms with E-state index in [0.717, 1.165) is 44.8 Å². The topological polar surface area (TPSA) is 35.6 Å². The first kappa shape index (κ1) is 18.5. The molecule has 0 aliphatic carbocycles. The molecule has 4 nitrogen and oxygen atoms in total. The maximum absolute atomic E-state index is 12.5. The Kier molecular flexibility index (Phi) is 6.29. The number of aryl methyl sites for hydroxylation is 3. The minimum absolute atomic E-state index is 0.0113. The molecule has 0 saturated carbocycles. The zero-order chi connectivity index (χ0) is 18.4. The number of benzene rings is 2. The zero-order valence-electron chi connectivity index (χ0n) is 15.9. The second-order valence-corrected chi connectivity index (χ2v) is 7.15. The van der Waals surface area contributed by atoms with E-state index >= 15 is 0 Å². The number of nitrogens with zero attached hydrogens (tertiary/aromatic N) is 2. The average molecular weight is 351 g/mol. The molecule has 26 heavy (non-hydrogen) atoms. The van der Waals surface area contributed by atoms with Crippen LogP contribution in [-0.4, -0.2) is 48.6 Å². The van der Waals surface area contributed by atoms with E-state index in [-0.39, 0.29) is 6.03 Å². The van der Waals surface area contributed by atoms with Crippen LogP contribution >= 0.6 is 0 Å². The van der Waals surface area contributed by atoms with Crippen molar-refractivity contribution in [2.75, 3.05) is 38.0 Å². The molecule has 2 amide bonds. The summed E-state index contributed by atoms with van der Waals surface area (Å²) >= 11 is 0. The molecule has 1 aliphatic rings. The first-order valence-corrected chi connectivity index (χ1v) is 9.51. The Morgan fingerprint density at radius 1 is 0.962 bits per heavy atom. The van der Waals surface area contributed by atoms with Crippen LogP contribution in [0.5, 0.6) is 0 Å². The number of amides is 2. The summed E-state index contributed by atoms with van der Waals surface area (Å²) in [5.74, 6) is 0. The quantitative estimate of drug-likeness (QED) is 0.881. The number of rotatable bonds is 5. The molecule has 1 saturated heterocycles. The molecular weight excluding hydrogens is 322 g/mol. The lowest BCUT2D eigenvalue weighted by Crippen LogP contribution is -2.50. The molecule has 0 atom stereocenters. The van der Waals surface area contributed by atoms with Gasteiger partial charge in [-0.15, -0.1) is 0 Å². The van der Waals surface area contributed by atoms with Crippen molar-refractivity contribution in [1.29, 1.82) is 0 Å². The highest BCUT2D eigenvalue weighted by Gasteiger charge is 2.20. The summed E-state index contributed by atoms with van der Waals surface area (Å²) in [7, 11) is 0. The van der Waals surface area contributed by atoms with Crippen molar-refractivity contribution in [3.63, 3.8) is 0 Å². The molecule has 0 unspecified atom stereocenters. The van der Waals surface area contributed by atoms with E-state index in [4.69, 9.17) is 0 Å². The minimum Gasteiger partial charge on any atom is -0.322 e. The third-order valence-electron chi connectivity index (χ3n) is 5.20. The summed E-state index contributed by atoms with van der Waals surface area (Å²) < 4.78 is 0. The lowest BCUT2D eigenvalue weighted by molar-refractivity contribution is 0.146. The SMILES string of the molecule is Cc1ccc(NC(=O)N2CCN(CCCc3ccccc3)CC2)cc1C. The van der Waals surface area contributed by atoms with Gasteiger partial charge in [0.1, 0.15) is 0 Å². The van der Waals surface area contributed by atoms with Gasteiger partial charge in [-0.2, -0.15) is 0 Å². The lowest BCUT2D eigenvalue weighted by Gasteiger charge is -2.34. The summed E-state index contributed by atoms with van der Waals surface area (Å²) in [5.41, 5.74) is 4.72. The molecule has 1 aliphatic heterocycles. The molecule has 1 fully saturated rings. The predicted octanol–water partition coefficient (Wildman–Crippen LogP) is 4.09. The standard InChI is InChI=1S/C22H29N3O/c1-18-10-11-21(17-19(18)2)23-22(26)25-15-13-24(14-16-25)12-6-9-20-7-4-3-5-8-20/h3-5,7-8,10-11,17H,6,9,12-16H2,1-2H3,(H,23,26). The molecule has 1 N–H and O–H groups in total. The number of urea groups is 1. The highest BCUT2D eigenvalue weighted by molar-refractivity contribution is 5.89. The lowest BCUT2D eigenvalue weighted by atomic mass is 10.1. The van der Waals surface area contributed by atoms with Crippen molar-refractivity contribution in [3.05, 3.63) is 65.2 Å². The summed E-state index contributed by atoms with van der Waals surface area (Å²) in [4.78, 5) is 16.8. The molecular formula is C22H29N3O. The molecule has 0 spiro atoms. The first-order chi connectivity index (χ1) is 12.6. The fourth-order valence-corrected chi connectivity index (χ4v) is 3.35. The molecule has 2 aromatic rings. The van der Waals surface area contributed by atoms with E-state index in [2.05, 4.69) is 60.5 Å². The fourth-order valence-electron chi connectivity index (χ4n) is 3.35. The van der Waals surface area contributed by atoms with Crippen molar-refractivity contribution in [2.24, 2.45) is 0 Å². The second-order valence-electron chi connectivity index (χ2n) is 7.15. The number of piperazine rings is 1. The number of hydrogen-bond acceptors (Lipinski definition) is 2. The van der Waals surface area contributed by atoms with Crippen LogP contribution in [0.4, 0.5) is 10.5 Å². The molecule has 1 heterocycles. The van der Waals surface area contributed by atoms with Gasteiger partial charge in [-0.05, 0) is 62.1 Å². The van der Waals surface area contributed by atoms with Crippen molar-refractivity contribution in [3.8, 4) is 0 Å². The molecule has 138 valence electrons. The van der Waals surface area contributed by atoms with Crippen LogP contribution in [0.1, 0.15) is 23.1 Å². The highest BCUT2D eigenvalue weighted by atomic mass is 16.2. The van der Waals surface area contributed by atoms with Gasteiger partial charge in [0.25, 0.3) is 0 Å². The Hall–Kier alpha value is -2.33. The minimum atomic E-state index is 0.0113. The van der Waals surface area contributed by atoms with Crippen LogP contribution in [-0.2, 0) is 6.42 Å². The van der Waals surface area contributed by atoms with E-state index in [1.807, 2.05) is 17.0 Å². The number of nitrogens with one attached hydrogen (secondary N) is 1. The van der Waals surface area contributed by atoms with Gasteiger partial charge < -0.3 is 10.2 Å². The Morgan fingerprint density at radius 3 is 2.38 bits per heavy atom. The normalized spacial score (nSPS) is 15.1. The smallest absolute Gasteiger partial charge is 0.321 e. The van der Waals surface area contributed by atoms with Gasteiger partial charge >= 0.3 is 6.03 Å². The maximum Gasteiger partial charge on any atom is 0.321 e. The third-order valence-corrected chi connectivity index (χ3v) is 5.20. The Morgan fingerprint density at radius 2 is 1.69 bits per heavy atom. The van der Waals surface area contributed by atoms with Crippen molar-refractivity contribution >= 4 is 11.7 Å². The van der Waals surface area contributed by atoms with Crippen LogP contribution in [0.25, 0.3) is 0 Å². The number of anilines is 1. The van der Waals surface area contributed by atoms with E-state index < -0.39 is 0 Å². The average Bonchev–Trinajstić information content (AvgIpc) is 2.66. The van der Waals surface area contributed by atoms with Crippen molar-refractivity contribution in [1.82, 2.24) is 9.80 Å². The Balaban J connectivity index is 1.40. The van der Waals surface area contributed by atoms with Gasteiger partial charge in [0.05, 0.1) is 0 Å². The summed E-state index contributed by atoms with van der Waals surface area (Å²) in [6.07, 6.45) is 2.28. The summed E-state index contributed by atoms with van der Waals surface area (Å²) in [6, 6.07) is 16.7. The predicted molar refractivity (Wildman–Crippen MR) is 108 cm³/mol. The van der Waals surface area contributed by atoms with Gasteiger partial charge in [0.15, 0.2) is 0 Å². The van der Waals surface area contributed by atoms with Crippen LogP contribution < -0.4 is 5.32 Å². The van der Waals surface area contributed by atoms with E-state index in [1.54, 1.807) is 0 Å². The van der Waals surface area contributed by atoms with Crippen LogP contribution in [0.15, 0.2) is 48.5 Å². The zero-order valence-corrected chi connectivity index (χ0v) is 15.9. The van der Waals surface area contributed by atoms with Gasteiger partial charge in [-0.25, -0.2) is 4.79 Å². The van der Waals surface area contributed by atoms with Gasteiger partial charge in [0, 0.05) is 31.9 Å². The molecule has 0 radical (unpaired) electrons. The Bertz CT molecular complexity index is 721. The number of carbonyl (C=O) groups excluding carboxylic acids is 1. The van der Waals surface area contributed by atoms with Crippen LogP contribution in [0, 0.1) is 13.8 Å². The molecule has 0 aromatic heterocycles. The Labute approximate surface area is 156 Å².